The molecule has 3 nitrogen and oxygen atoms in total. The highest BCUT2D eigenvalue weighted by atomic mass is 19.1. The SMILES string of the molecule is CCCCC(F)OC([O])=O. The summed E-state index contributed by atoms with van der Waals surface area (Å²) in [6.07, 6.45) is -1.97. The predicted molar refractivity (Wildman–Crippen MR) is 31.6 cm³/mol. The highest BCUT2D eigenvalue weighted by molar-refractivity contribution is 5.56. The Kier molecular flexibility index (Phi) is 4.62. The van der Waals surface area contributed by atoms with E-state index in [1.165, 1.54) is 0 Å². The lowest BCUT2D eigenvalue weighted by atomic mass is 10.2. The summed E-state index contributed by atoms with van der Waals surface area (Å²) in [4.78, 5) is 9.60. The minimum atomic E-state index is -1.80. The van der Waals surface area contributed by atoms with E-state index in [2.05, 4.69) is 4.74 Å². The molecule has 0 heterocycles. The van der Waals surface area contributed by atoms with Gasteiger partial charge in [-0.3, -0.25) is 0 Å². The topological polar surface area (TPSA) is 46.2 Å². The molecule has 0 aromatic rings. The minimum Gasteiger partial charge on any atom is -0.397 e. The summed E-state index contributed by atoms with van der Waals surface area (Å²) >= 11 is 0. The molecule has 0 saturated heterocycles. The Hall–Kier alpha value is -0.800. The van der Waals surface area contributed by atoms with Crippen molar-refractivity contribution in [3.63, 3.8) is 0 Å². The summed E-state index contributed by atoms with van der Waals surface area (Å²) in [5, 5.41) is 9.60. The van der Waals surface area contributed by atoms with Crippen LogP contribution >= 0.6 is 0 Å². The minimum absolute atomic E-state index is 0.116. The third-order valence-corrected chi connectivity index (χ3v) is 1.01. The van der Waals surface area contributed by atoms with Gasteiger partial charge in [0.15, 0.2) is 0 Å². The molecule has 0 saturated carbocycles. The highest BCUT2D eigenvalue weighted by Crippen LogP contribution is 2.05. The second kappa shape index (κ2) is 5.02. The van der Waals surface area contributed by atoms with Crippen LogP contribution in [0.25, 0.3) is 0 Å². The number of unbranched alkanes of at least 4 members (excludes halogenated alkanes) is 1. The molecule has 0 fully saturated rings. The fourth-order valence-corrected chi connectivity index (χ4v) is 0.528. The average Bonchev–Trinajstić information content (AvgIpc) is 1.82. The Morgan fingerprint density at radius 2 is 2.30 bits per heavy atom. The molecule has 0 spiro atoms. The van der Waals surface area contributed by atoms with Gasteiger partial charge in [-0.25, -0.2) is 4.39 Å². The number of halogens is 1. The number of hydrogen-bond acceptors (Lipinski definition) is 2. The van der Waals surface area contributed by atoms with Gasteiger partial charge in [0, 0.05) is 6.42 Å². The quantitative estimate of drug-likeness (QED) is 0.574. The Morgan fingerprint density at radius 3 is 2.70 bits per heavy atom. The summed E-state index contributed by atoms with van der Waals surface area (Å²) in [6.45, 7) is 1.88. The van der Waals surface area contributed by atoms with Crippen LogP contribution < -0.4 is 0 Å². The van der Waals surface area contributed by atoms with Gasteiger partial charge in [0.2, 0.25) is 6.36 Å². The molecule has 1 unspecified atom stereocenters. The van der Waals surface area contributed by atoms with Crippen LogP contribution in [0.3, 0.4) is 0 Å². The summed E-state index contributed by atoms with van der Waals surface area (Å²) in [7, 11) is 0. The fourth-order valence-electron chi connectivity index (χ4n) is 0.528. The molecule has 59 valence electrons. The molecule has 0 aromatic heterocycles. The van der Waals surface area contributed by atoms with Gasteiger partial charge in [-0.05, 0) is 6.42 Å². The van der Waals surface area contributed by atoms with Crippen LogP contribution in [-0.2, 0) is 9.84 Å². The van der Waals surface area contributed by atoms with E-state index in [-0.39, 0.29) is 6.42 Å². The Balaban J connectivity index is 3.25. The molecule has 0 bridgehead atoms. The van der Waals surface area contributed by atoms with E-state index in [0.717, 1.165) is 6.42 Å². The van der Waals surface area contributed by atoms with Crippen LogP contribution in [0.5, 0.6) is 0 Å². The Morgan fingerprint density at radius 1 is 1.70 bits per heavy atom. The molecule has 0 aliphatic heterocycles. The fraction of sp³-hybridized carbons (Fsp3) is 0.833. The van der Waals surface area contributed by atoms with E-state index in [1.54, 1.807) is 0 Å². The average molecular weight is 149 g/mol. The van der Waals surface area contributed by atoms with E-state index < -0.39 is 12.5 Å². The van der Waals surface area contributed by atoms with Gasteiger partial charge in [-0.15, -0.1) is 0 Å². The number of carbonyl (C=O) groups is 1. The lowest BCUT2D eigenvalue weighted by Crippen LogP contribution is -2.09. The molecular formula is C6H10FO3. The molecule has 0 N–H and O–H groups in total. The van der Waals surface area contributed by atoms with Gasteiger partial charge in [-0.2, -0.15) is 9.90 Å². The lowest BCUT2D eigenvalue weighted by Gasteiger charge is -2.03. The molecule has 0 aliphatic carbocycles. The van der Waals surface area contributed by atoms with Crippen molar-refractivity contribution < 1.29 is 19.0 Å². The molecule has 0 aromatic carbocycles. The van der Waals surface area contributed by atoms with Crippen LogP contribution in [0, 0.1) is 0 Å². The second-order valence-corrected chi connectivity index (χ2v) is 1.92. The zero-order valence-corrected chi connectivity index (χ0v) is 5.80. The predicted octanol–water partition coefficient (Wildman–Crippen LogP) is 2.04. The molecule has 0 rings (SSSR count). The van der Waals surface area contributed by atoms with Crippen LogP contribution in [0.2, 0.25) is 0 Å². The maximum atomic E-state index is 12.2. The number of carbonyl (C=O) groups excluding carboxylic acids is 1. The molecule has 1 atom stereocenters. The van der Waals surface area contributed by atoms with Crippen LogP contribution in [-0.4, -0.2) is 12.5 Å². The van der Waals surface area contributed by atoms with Crippen LogP contribution in [0.15, 0.2) is 0 Å². The van der Waals surface area contributed by atoms with E-state index in [9.17, 15) is 14.3 Å². The maximum Gasteiger partial charge on any atom is 0.552 e. The number of rotatable bonds is 4. The van der Waals surface area contributed by atoms with E-state index in [0.29, 0.717) is 6.42 Å². The van der Waals surface area contributed by atoms with E-state index in [4.69, 9.17) is 0 Å². The van der Waals surface area contributed by atoms with Crippen molar-refractivity contribution in [3.05, 3.63) is 0 Å². The van der Waals surface area contributed by atoms with E-state index in [1.807, 2.05) is 6.92 Å². The second-order valence-electron chi connectivity index (χ2n) is 1.92. The molecule has 10 heavy (non-hydrogen) atoms. The summed E-state index contributed by atoms with van der Waals surface area (Å²) < 4.78 is 15.9. The first-order chi connectivity index (χ1) is 4.66. The van der Waals surface area contributed by atoms with Crippen molar-refractivity contribution in [1.29, 1.82) is 0 Å². The molecule has 0 amide bonds. The normalized spacial score (nSPS) is 12.6. The van der Waals surface area contributed by atoms with Crippen molar-refractivity contribution in [3.8, 4) is 0 Å². The monoisotopic (exact) mass is 149 g/mol. The van der Waals surface area contributed by atoms with Gasteiger partial charge in [0.05, 0.1) is 0 Å². The summed E-state index contributed by atoms with van der Waals surface area (Å²) in [5.41, 5.74) is 0. The molecular weight excluding hydrogens is 139 g/mol. The standard InChI is InChI=1S/C6H10FO3/c1-2-3-4-5(7)10-6(8)9/h5H,2-4H2,1H3. The first kappa shape index (κ1) is 9.20. The van der Waals surface area contributed by atoms with Crippen LogP contribution in [0.4, 0.5) is 9.18 Å². The van der Waals surface area contributed by atoms with Crippen molar-refractivity contribution in [1.82, 2.24) is 0 Å². The first-order valence-electron chi connectivity index (χ1n) is 3.18. The maximum absolute atomic E-state index is 12.2. The third kappa shape index (κ3) is 5.34. The summed E-state index contributed by atoms with van der Waals surface area (Å²) in [5.74, 6) is 0. The van der Waals surface area contributed by atoms with Gasteiger partial charge in [0.25, 0.3) is 0 Å². The zero-order valence-electron chi connectivity index (χ0n) is 5.80. The first-order valence-corrected chi connectivity index (χ1v) is 3.18. The smallest absolute Gasteiger partial charge is 0.397 e. The number of ether oxygens (including phenoxy) is 1. The van der Waals surface area contributed by atoms with E-state index >= 15 is 0 Å². The van der Waals surface area contributed by atoms with Crippen molar-refractivity contribution >= 4 is 6.16 Å². The highest BCUT2D eigenvalue weighted by Gasteiger charge is 2.10. The number of alkyl halides is 1. The van der Waals surface area contributed by atoms with Crippen molar-refractivity contribution in [2.75, 3.05) is 0 Å². The molecule has 1 radical (unpaired) electrons. The number of hydrogen-bond donors (Lipinski definition) is 0. The van der Waals surface area contributed by atoms with Gasteiger partial charge in [0.1, 0.15) is 0 Å². The van der Waals surface area contributed by atoms with Gasteiger partial charge in [-0.1, -0.05) is 13.3 Å². The lowest BCUT2D eigenvalue weighted by molar-refractivity contribution is -0.0317. The zero-order chi connectivity index (χ0) is 7.98. The molecule has 4 heteroatoms. The van der Waals surface area contributed by atoms with Gasteiger partial charge < -0.3 is 4.74 Å². The summed E-state index contributed by atoms with van der Waals surface area (Å²) in [6, 6.07) is 0. The third-order valence-electron chi connectivity index (χ3n) is 1.01. The Labute approximate surface area is 58.8 Å². The van der Waals surface area contributed by atoms with Crippen LogP contribution in [0.1, 0.15) is 26.2 Å². The largest absolute Gasteiger partial charge is 0.552 e. The van der Waals surface area contributed by atoms with Gasteiger partial charge >= 0.3 is 6.16 Å². The van der Waals surface area contributed by atoms with Crippen molar-refractivity contribution in [2.45, 2.75) is 32.5 Å². The molecule has 0 aliphatic rings. The van der Waals surface area contributed by atoms with Crippen molar-refractivity contribution in [2.24, 2.45) is 0 Å². The Bertz CT molecular complexity index is 105.